The van der Waals surface area contributed by atoms with Gasteiger partial charge in [0.05, 0.1) is 0 Å². The average Bonchev–Trinajstić information content (AvgIpc) is 3.19. The van der Waals surface area contributed by atoms with Crippen molar-refractivity contribution in [3.8, 4) is 0 Å². The quantitative estimate of drug-likeness (QED) is 0.0347. The maximum Gasteiger partial charge on any atom is 0.306 e. The zero-order valence-electron chi connectivity index (χ0n) is 37.9. The second-order valence-corrected chi connectivity index (χ2v) is 17.1. The molecule has 0 aliphatic heterocycles. The average molecular weight is 793 g/mol. The lowest BCUT2D eigenvalue weighted by Gasteiger charge is -2.18. The van der Waals surface area contributed by atoms with Gasteiger partial charge in [-0.3, -0.25) is 14.4 Å². The van der Waals surface area contributed by atoms with Crippen LogP contribution in [0.3, 0.4) is 0 Å². The Labute approximate surface area is 348 Å². The summed E-state index contributed by atoms with van der Waals surface area (Å²) in [5.41, 5.74) is 0. The topological polar surface area (TPSA) is 78.9 Å². The van der Waals surface area contributed by atoms with E-state index >= 15 is 0 Å². The molecule has 0 aliphatic carbocycles. The van der Waals surface area contributed by atoms with Gasteiger partial charge in [-0.1, -0.05) is 245 Å². The Morgan fingerprint density at radius 2 is 0.482 bits per heavy atom. The van der Waals surface area contributed by atoms with Crippen molar-refractivity contribution in [2.75, 3.05) is 13.2 Å². The van der Waals surface area contributed by atoms with E-state index in [1.165, 1.54) is 186 Å². The SMILES string of the molecule is CCCCCCCCCCCCCCCCCC(=O)OC[C@H](COC(=O)CCCCCCCCCCCCCC)OC(=O)CCCCCCCCCCCCC. The van der Waals surface area contributed by atoms with Crippen LogP contribution in [0.25, 0.3) is 0 Å². The molecule has 0 aromatic rings. The summed E-state index contributed by atoms with van der Waals surface area (Å²) in [6.07, 6.45) is 47.9. The van der Waals surface area contributed by atoms with Gasteiger partial charge in [0.15, 0.2) is 6.10 Å². The van der Waals surface area contributed by atoms with Gasteiger partial charge in [0.2, 0.25) is 0 Å². The fourth-order valence-electron chi connectivity index (χ4n) is 7.56. The lowest BCUT2D eigenvalue weighted by Crippen LogP contribution is -2.30. The summed E-state index contributed by atoms with van der Waals surface area (Å²) >= 11 is 0. The molecule has 0 amide bonds. The first kappa shape index (κ1) is 54.4. The molecule has 0 saturated heterocycles. The summed E-state index contributed by atoms with van der Waals surface area (Å²) in [4.78, 5) is 37.8. The Morgan fingerprint density at radius 3 is 0.714 bits per heavy atom. The van der Waals surface area contributed by atoms with Crippen LogP contribution >= 0.6 is 0 Å². The van der Waals surface area contributed by atoms with Crippen LogP contribution in [0.1, 0.15) is 284 Å². The second-order valence-electron chi connectivity index (χ2n) is 17.1. The molecule has 0 bridgehead atoms. The minimum atomic E-state index is -0.758. The van der Waals surface area contributed by atoms with Crippen molar-refractivity contribution < 1.29 is 28.6 Å². The van der Waals surface area contributed by atoms with Crippen molar-refractivity contribution in [1.82, 2.24) is 0 Å². The van der Waals surface area contributed by atoms with E-state index in [2.05, 4.69) is 20.8 Å². The van der Waals surface area contributed by atoms with E-state index in [0.29, 0.717) is 19.3 Å². The summed E-state index contributed by atoms with van der Waals surface area (Å²) in [6.45, 7) is 6.66. The zero-order valence-corrected chi connectivity index (χ0v) is 37.9. The molecule has 0 unspecified atom stereocenters. The summed E-state index contributed by atoms with van der Waals surface area (Å²) in [5.74, 6) is -0.845. The predicted octanol–water partition coefficient (Wildman–Crippen LogP) is 16.0. The van der Waals surface area contributed by atoms with Gasteiger partial charge in [-0.2, -0.15) is 0 Å². The highest BCUT2D eigenvalue weighted by molar-refractivity contribution is 5.71. The van der Waals surface area contributed by atoms with E-state index in [1.54, 1.807) is 0 Å². The Balaban J connectivity index is 4.29. The van der Waals surface area contributed by atoms with Crippen molar-refractivity contribution in [1.29, 1.82) is 0 Å². The molecule has 0 radical (unpaired) electrons. The van der Waals surface area contributed by atoms with Gasteiger partial charge in [0.25, 0.3) is 0 Å². The number of ether oxygens (including phenoxy) is 3. The van der Waals surface area contributed by atoms with E-state index in [1.807, 2.05) is 0 Å². The molecule has 0 N–H and O–H groups in total. The number of hydrogen-bond acceptors (Lipinski definition) is 6. The van der Waals surface area contributed by atoms with Crippen molar-refractivity contribution in [2.45, 2.75) is 290 Å². The largest absolute Gasteiger partial charge is 0.462 e. The Morgan fingerprint density at radius 1 is 0.286 bits per heavy atom. The van der Waals surface area contributed by atoms with Crippen LogP contribution in [0, 0.1) is 0 Å². The number of carbonyl (C=O) groups excluding carboxylic acids is 3. The Bertz CT molecular complexity index is 828. The molecule has 1 atom stereocenters. The number of rotatable bonds is 46. The van der Waals surface area contributed by atoms with E-state index in [4.69, 9.17) is 14.2 Å². The molecular weight excluding hydrogens is 697 g/mol. The number of hydrogen-bond donors (Lipinski definition) is 0. The molecule has 6 heteroatoms. The third kappa shape index (κ3) is 43.5. The molecule has 0 aromatic heterocycles. The van der Waals surface area contributed by atoms with Gasteiger partial charge in [-0.25, -0.2) is 0 Å². The molecule has 0 heterocycles. The molecular formula is C50H96O6. The summed E-state index contributed by atoms with van der Waals surface area (Å²) in [6, 6.07) is 0. The standard InChI is InChI=1S/C50H96O6/c1-4-7-10-13-16-19-22-24-25-26-29-31-34-37-40-43-49(52)55-46-47(56-50(53)44-41-38-35-32-27-21-18-15-12-9-6-3)45-54-48(51)42-39-36-33-30-28-23-20-17-14-11-8-5-2/h47H,4-46H2,1-3H3/t47-/m0/s1. The monoisotopic (exact) mass is 793 g/mol. The van der Waals surface area contributed by atoms with Gasteiger partial charge in [-0.05, 0) is 19.3 Å². The number of unbranched alkanes of at least 4 members (excludes halogenated alkanes) is 35. The van der Waals surface area contributed by atoms with E-state index in [0.717, 1.165) is 57.8 Å². The van der Waals surface area contributed by atoms with Crippen LogP contribution in [0.2, 0.25) is 0 Å². The molecule has 0 fully saturated rings. The summed E-state index contributed by atoms with van der Waals surface area (Å²) < 4.78 is 16.8. The van der Waals surface area contributed by atoms with Crippen LogP contribution < -0.4 is 0 Å². The lowest BCUT2D eigenvalue weighted by atomic mass is 10.0. The highest BCUT2D eigenvalue weighted by Crippen LogP contribution is 2.16. The van der Waals surface area contributed by atoms with Crippen molar-refractivity contribution >= 4 is 17.9 Å². The fraction of sp³-hybridized carbons (Fsp3) is 0.940. The Hall–Kier alpha value is -1.59. The highest BCUT2D eigenvalue weighted by atomic mass is 16.6. The molecule has 0 rings (SSSR count). The molecule has 0 aromatic carbocycles. The molecule has 0 spiro atoms. The first-order valence-corrected chi connectivity index (χ1v) is 25.0. The zero-order chi connectivity index (χ0) is 40.8. The van der Waals surface area contributed by atoms with E-state index < -0.39 is 6.10 Å². The number of carbonyl (C=O) groups is 3. The third-order valence-electron chi connectivity index (χ3n) is 11.4. The van der Waals surface area contributed by atoms with Gasteiger partial charge < -0.3 is 14.2 Å². The van der Waals surface area contributed by atoms with Crippen LogP contribution in [0.15, 0.2) is 0 Å². The maximum atomic E-state index is 12.7. The van der Waals surface area contributed by atoms with E-state index in [-0.39, 0.29) is 31.1 Å². The van der Waals surface area contributed by atoms with Crippen LogP contribution in [0.4, 0.5) is 0 Å². The molecule has 6 nitrogen and oxygen atoms in total. The van der Waals surface area contributed by atoms with Crippen molar-refractivity contribution in [2.24, 2.45) is 0 Å². The molecule has 56 heavy (non-hydrogen) atoms. The van der Waals surface area contributed by atoms with E-state index in [9.17, 15) is 14.4 Å². The minimum absolute atomic E-state index is 0.0621. The van der Waals surface area contributed by atoms with Crippen LogP contribution in [-0.2, 0) is 28.6 Å². The fourth-order valence-corrected chi connectivity index (χ4v) is 7.56. The number of esters is 3. The molecule has 0 aliphatic rings. The molecule has 0 saturated carbocycles. The predicted molar refractivity (Wildman–Crippen MR) is 238 cm³/mol. The highest BCUT2D eigenvalue weighted by Gasteiger charge is 2.19. The van der Waals surface area contributed by atoms with Gasteiger partial charge in [0.1, 0.15) is 13.2 Å². The summed E-state index contributed by atoms with van der Waals surface area (Å²) in [7, 11) is 0. The second kappa shape index (κ2) is 46.1. The maximum absolute atomic E-state index is 12.7. The third-order valence-corrected chi connectivity index (χ3v) is 11.4. The van der Waals surface area contributed by atoms with Crippen LogP contribution in [0.5, 0.6) is 0 Å². The van der Waals surface area contributed by atoms with Crippen molar-refractivity contribution in [3.63, 3.8) is 0 Å². The minimum Gasteiger partial charge on any atom is -0.462 e. The summed E-state index contributed by atoms with van der Waals surface area (Å²) in [5, 5.41) is 0. The molecule has 332 valence electrons. The van der Waals surface area contributed by atoms with Gasteiger partial charge >= 0.3 is 17.9 Å². The van der Waals surface area contributed by atoms with Gasteiger partial charge in [-0.15, -0.1) is 0 Å². The van der Waals surface area contributed by atoms with Crippen molar-refractivity contribution in [3.05, 3.63) is 0 Å². The lowest BCUT2D eigenvalue weighted by molar-refractivity contribution is -0.167. The van der Waals surface area contributed by atoms with Crippen LogP contribution in [-0.4, -0.2) is 37.2 Å². The first-order chi connectivity index (χ1) is 27.5. The van der Waals surface area contributed by atoms with Gasteiger partial charge in [0, 0.05) is 19.3 Å². The first-order valence-electron chi connectivity index (χ1n) is 25.0. The normalized spacial score (nSPS) is 11.8. The smallest absolute Gasteiger partial charge is 0.306 e. The Kier molecular flexibility index (Phi) is 44.8.